The van der Waals surface area contributed by atoms with E-state index in [0.717, 1.165) is 21.8 Å². The Bertz CT molecular complexity index is 635. The molecule has 0 spiro atoms. The van der Waals surface area contributed by atoms with Crippen LogP contribution >= 0.6 is 11.3 Å². The average Bonchev–Trinajstić information content (AvgIpc) is 2.84. The number of hydrogen-bond donors (Lipinski definition) is 2. The molecular formula is C15H18N2O3S. The highest BCUT2D eigenvalue weighted by atomic mass is 32.1. The number of benzene rings is 1. The predicted octanol–water partition coefficient (Wildman–Crippen LogP) is 3.19. The summed E-state index contributed by atoms with van der Waals surface area (Å²) in [6.45, 7) is 4.05. The zero-order valence-corrected chi connectivity index (χ0v) is 13.0. The monoisotopic (exact) mass is 306 g/mol. The first-order valence-electron chi connectivity index (χ1n) is 6.53. The van der Waals surface area contributed by atoms with Crippen LogP contribution in [0.4, 0.5) is 5.00 Å². The number of carbonyl (C=O) groups excluding carboxylic acids is 1. The number of ether oxygens (including phenoxy) is 2. The summed E-state index contributed by atoms with van der Waals surface area (Å²) in [7, 11) is 1.62. The van der Waals surface area contributed by atoms with Gasteiger partial charge in [0.1, 0.15) is 16.3 Å². The van der Waals surface area contributed by atoms with E-state index in [1.54, 1.807) is 14.0 Å². The topological polar surface area (TPSA) is 73.6 Å². The second-order valence-electron chi connectivity index (χ2n) is 4.33. The van der Waals surface area contributed by atoms with E-state index in [0.29, 0.717) is 17.2 Å². The molecule has 0 aliphatic carbocycles. The van der Waals surface area contributed by atoms with Gasteiger partial charge in [-0.05, 0) is 31.5 Å². The fourth-order valence-corrected chi connectivity index (χ4v) is 3.12. The zero-order valence-electron chi connectivity index (χ0n) is 12.2. The van der Waals surface area contributed by atoms with Gasteiger partial charge in [-0.25, -0.2) is 10.6 Å². The van der Waals surface area contributed by atoms with Crippen molar-refractivity contribution in [2.24, 2.45) is 5.84 Å². The highest BCUT2D eigenvalue weighted by Crippen LogP contribution is 2.40. The van der Waals surface area contributed by atoms with E-state index in [-0.39, 0.29) is 5.97 Å². The molecule has 0 bridgehead atoms. The molecule has 21 heavy (non-hydrogen) atoms. The molecule has 2 aromatic rings. The number of aryl methyl sites for hydroxylation is 1. The smallest absolute Gasteiger partial charge is 0.341 e. The van der Waals surface area contributed by atoms with Crippen LogP contribution in [-0.4, -0.2) is 19.7 Å². The van der Waals surface area contributed by atoms with Gasteiger partial charge < -0.3 is 14.9 Å². The molecule has 0 aliphatic heterocycles. The van der Waals surface area contributed by atoms with Gasteiger partial charge in [-0.15, -0.1) is 11.3 Å². The van der Waals surface area contributed by atoms with Crippen molar-refractivity contribution in [2.45, 2.75) is 13.8 Å². The Morgan fingerprint density at radius 2 is 2.00 bits per heavy atom. The standard InChI is InChI=1S/C15H18N2O3S/c1-4-20-15(18)13-12(9(2)21-14(13)17-16)10-5-7-11(19-3)8-6-10/h5-8,17H,4,16H2,1-3H3. The van der Waals surface area contributed by atoms with E-state index in [9.17, 15) is 4.79 Å². The molecule has 1 aromatic heterocycles. The number of carbonyl (C=O) groups is 1. The number of nitrogen functional groups attached to an aromatic ring is 1. The second kappa shape index (κ2) is 6.60. The van der Waals surface area contributed by atoms with Crippen molar-refractivity contribution in [3.63, 3.8) is 0 Å². The van der Waals surface area contributed by atoms with Crippen molar-refractivity contribution in [3.05, 3.63) is 34.7 Å². The molecule has 6 heteroatoms. The third-order valence-corrected chi connectivity index (χ3v) is 4.11. The van der Waals surface area contributed by atoms with Crippen LogP contribution in [0.3, 0.4) is 0 Å². The van der Waals surface area contributed by atoms with Gasteiger partial charge >= 0.3 is 5.97 Å². The minimum atomic E-state index is -0.374. The number of nitrogens with one attached hydrogen (secondary N) is 1. The largest absolute Gasteiger partial charge is 0.497 e. The molecule has 112 valence electrons. The summed E-state index contributed by atoms with van der Waals surface area (Å²) in [5, 5.41) is 0.608. The first-order valence-corrected chi connectivity index (χ1v) is 7.35. The van der Waals surface area contributed by atoms with Gasteiger partial charge in [0.25, 0.3) is 0 Å². The molecule has 1 heterocycles. The first-order chi connectivity index (χ1) is 10.1. The Balaban J connectivity index is 2.55. The molecule has 0 saturated heterocycles. The first kappa shape index (κ1) is 15.3. The number of hydrogen-bond acceptors (Lipinski definition) is 6. The van der Waals surface area contributed by atoms with E-state index < -0.39 is 0 Å². The fraction of sp³-hybridized carbons (Fsp3) is 0.267. The number of hydrazine groups is 1. The van der Waals surface area contributed by atoms with Gasteiger partial charge in [0.05, 0.1) is 13.7 Å². The zero-order chi connectivity index (χ0) is 15.4. The molecule has 0 fully saturated rings. The Morgan fingerprint density at radius 3 is 2.52 bits per heavy atom. The molecule has 0 saturated carbocycles. The number of esters is 1. The third-order valence-electron chi connectivity index (χ3n) is 3.07. The summed E-state index contributed by atoms with van der Waals surface area (Å²) >= 11 is 1.43. The molecule has 0 atom stereocenters. The normalized spacial score (nSPS) is 10.3. The molecule has 5 nitrogen and oxygen atoms in total. The van der Waals surface area contributed by atoms with Gasteiger partial charge in [0.2, 0.25) is 0 Å². The van der Waals surface area contributed by atoms with E-state index >= 15 is 0 Å². The Kier molecular flexibility index (Phi) is 4.82. The molecule has 3 N–H and O–H groups in total. The van der Waals surface area contributed by atoms with E-state index in [1.807, 2.05) is 31.2 Å². The maximum atomic E-state index is 12.2. The van der Waals surface area contributed by atoms with E-state index in [4.69, 9.17) is 15.3 Å². The summed E-state index contributed by atoms with van der Waals surface area (Å²) < 4.78 is 10.3. The number of methoxy groups -OCH3 is 1. The van der Waals surface area contributed by atoms with Crippen LogP contribution in [0, 0.1) is 6.92 Å². The average molecular weight is 306 g/mol. The lowest BCUT2D eigenvalue weighted by Gasteiger charge is -2.08. The SMILES string of the molecule is CCOC(=O)c1c(NN)sc(C)c1-c1ccc(OC)cc1. The lowest BCUT2D eigenvalue weighted by molar-refractivity contribution is 0.0529. The lowest BCUT2D eigenvalue weighted by Crippen LogP contribution is -2.12. The van der Waals surface area contributed by atoms with Crippen LogP contribution in [0.25, 0.3) is 11.1 Å². The molecule has 0 radical (unpaired) electrons. The van der Waals surface area contributed by atoms with Crippen LogP contribution in [-0.2, 0) is 4.74 Å². The van der Waals surface area contributed by atoms with Gasteiger partial charge in [0.15, 0.2) is 0 Å². The molecule has 2 rings (SSSR count). The van der Waals surface area contributed by atoms with Crippen LogP contribution in [0.5, 0.6) is 5.75 Å². The predicted molar refractivity (Wildman–Crippen MR) is 84.8 cm³/mol. The summed E-state index contributed by atoms with van der Waals surface area (Å²) in [6, 6.07) is 7.54. The highest BCUT2D eigenvalue weighted by molar-refractivity contribution is 7.17. The fourth-order valence-electron chi connectivity index (χ4n) is 2.15. The van der Waals surface area contributed by atoms with Crippen LogP contribution in [0.2, 0.25) is 0 Å². The summed E-state index contributed by atoms with van der Waals surface area (Å²) in [5.74, 6) is 5.91. The molecular weight excluding hydrogens is 288 g/mol. The third kappa shape index (κ3) is 3.01. The van der Waals surface area contributed by atoms with Crippen molar-refractivity contribution in [2.75, 3.05) is 19.1 Å². The van der Waals surface area contributed by atoms with Crippen LogP contribution in [0.1, 0.15) is 22.2 Å². The number of thiophene rings is 1. The molecule has 0 amide bonds. The van der Waals surface area contributed by atoms with E-state index in [1.165, 1.54) is 11.3 Å². The number of rotatable bonds is 5. The van der Waals surface area contributed by atoms with Gasteiger partial charge in [-0.1, -0.05) is 12.1 Å². The Hall–Kier alpha value is -2.05. The summed E-state index contributed by atoms with van der Waals surface area (Å²) in [5.41, 5.74) is 4.83. The van der Waals surface area contributed by atoms with Crippen LogP contribution in [0.15, 0.2) is 24.3 Å². The minimum Gasteiger partial charge on any atom is -0.497 e. The second-order valence-corrected chi connectivity index (χ2v) is 5.56. The van der Waals surface area contributed by atoms with Crippen LogP contribution < -0.4 is 16.0 Å². The summed E-state index contributed by atoms with van der Waals surface area (Å²) in [6.07, 6.45) is 0. The molecule has 1 aromatic carbocycles. The van der Waals surface area contributed by atoms with Crippen molar-refractivity contribution in [1.82, 2.24) is 0 Å². The van der Waals surface area contributed by atoms with Crippen molar-refractivity contribution in [1.29, 1.82) is 0 Å². The highest BCUT2D eigenvalue weighted by Gasteiger charge is 2.23. The summed E-state index contributed by atoms with van der Waals surface area (Å²) in [4.78, 5) is 13.2. The van der Waals surface area contributed by atoms with E-state index in [2.05, 4.69) is 5.43 Å². The van der Waals surface area contributed by atoms with Gasteiger partial charge in [0, 0.05) is 10.4 Å². The quantitative estimate of drug-likeness (QED) is 0.504. The molecule has 0 unspecified atom stereocenters. The maximum absolute atomic E-state index is 12.2. The van der Waals surface area contributed by atoms with Gasteiger partial charge in [-0.3, -0.25) is 0 Å². The van der Waals surface area contributed by atoms with Crippen molar-refractivity contribution >= 4 is 22.3 Å². The molecule has 0 aliphatic rings. The maximum Gasteiger partial charge on any atom is 0.341 e. The van der Waals surface area contributed by atoms with Crippen molar-refractivity contribution < 1.29 is 14.3 Å². The number of anilines is 1. The Morgan fingerprint density at radius 1 is 1.33 bits per heavy atom. The van der Waals surface area contributed by atoms with Crippen molar-refractivity contribution in [3.8, 4) is 16.9 Å². The Labute approximate surface area is 127 Å². The minimum absolute atomic E-state index is 0.319. The lowest BCUT2D eigenvalue weighted by atomic mass is 10.0. The van der Waals surface area contributed by atoms with Gasteiger partial charge in [-0.2, -0.15) is 0 Å². The number of nitrogens with two attached hydrogens (primary N) is 1.